The Morgan fingerprint density at radius 2 is 1.69 bits per heavy atom. The molecule has 3 heterocycles. The minimum absolute atomic E-state index is 0.0197. The third-order valence-corrected chi connectivity index (χ3v) is 9.31. The normalized spacial score (nSPS) is 17.9. The Balaban J connectivity index is 1.40. The molecule has 2 aliphatic rings. The fourth-order valence-electron chi connectivity index (χ4n) is 5.23. The van der Waals surface area contributed by atoms with Gasteiger partial charge in [0, 0.05) is 26.2 Å². The zero-order valence-corrected chi connectivity index (χ0v) is 22.2. The van der Waals surface area contributed by atoms with Crippen LogP contribution in [0.15, 0.2) is 33.6 Å². The van der Waals surface area contributed by atoms with E-state index in [2.05, 4.69) is 0 Å². The Morgan fingerprint density at radius 3 is 2.36 bits per heavy atom. The van der Waals surface area contributed by atoms with Crippen molar-refractivity contribution in [1.29, 1.82) is 0 Å². The van der Waals surface area contributed by atoms with Crippen LogP contribution in [0, 0.1) is 26.2 Å². The van der Waals surface area contributed by atoms with Gasteiger partial charge in [-0.05, 0) is 64.0 Å². The number of rotatable bonds is 7. The van der Waals surface area contributed by atoms with Crippen LogP contribution in [0.25, 0.3) is 0 Å². The first-order chi connectivity index (χ1) is 17.1. The van der Waals surface area contributed by atoms with Crippen molar-refractivity contribution in [3.05, 3.63) is 46.9 Å². The summed E-state index contributed by atoms with van der Waals surface area (Å²) in [5.74, 6) is 0.352. The number of sulfonamides is 1. The molecule has 2 fully saturated rings. The van der Waals surface area contributed by atoms with Gasteiger partial charge in [0.1, 0.15) is 27.7 Å². The highest BCUT2D eigenvalue weighted by Crippen LogP contribution is 2.43. The maximum Gasteiger partial charge on any atom is 0.343 e. The maximum absolute atomic E-state index is 13.6. The van der Waals surface area contributed by atoms with E-state index in [1.807, 2.05) is 31.2 Å². The van der Waals surface area contributed by atoms with Crippen molar-refractivity contribution in [3.8, 4) is 5.75 Å². The molecule has 0 bridgehead atoms. The van der Waals surface area contributed by atoms with Crippen LogP contribution in [0.2, 0.25) is 0 Å². The van der Waals surface area contributed by atoms with Gasteiger partial charge in [-0.15, -0.1) is 0 Å². The Labute approximate surface area is 212 Å². The Morgan fingerprint density at radius 1 is 1.03 bits per heavy atom. The van der Waals surface area contributed by atoms with Crippen LogP contribution < -0.4 is 4.74 Å². The molecule has 0 aliphatic carbocycles. The van der Waals surface area contributed by atoms with Crippen LogP contribution in [0.4, 0.5) is 0 Å². The van der Waals surface area contributed by atoms with Gasteiger partial charge in [0.05, 0.1) is 6.61 Å². The Kier molecular flexibility index (Phi) is 7.47. The summed E-state index contributed by atoms with van der Waals surface area (Å²) in [5.41, 5.74) is 0.756. The van der Waals surface area contributed by atoms with E-state index in [0.29, 0.717) is 51.2 Å². The van der Waals surface area contributed by atoms with E-state index < -0.39 is 16.0 Å². The zero-order valence-electron chi connectivity index (χ0n) is 21.3. The Bertz CT molecular complexity index is 1240. The van der Waals surface area contributed by atoms with E-state index in [1.54, 1.807) is 25.7 Å². The van der Waals surface area contributed by atoms with Gasteiger partial charge in [0.25, 0.3) is 5.91 Å². The number of hydrogen-bond donors (Lipinski definition) is 0. The second-order valence-electron chi connectivity index (χ2n) is 9.66. The SMILES string of the molecule is CCOC(=O)c1c(C)oc(C)c1S(=O)(=O)N1CCC2(CCN(C(=O)COc3ccccc3C)CC2)C1. The second-order valence-corrected chi connectivity index (χ2v) is 11.5. The van der Waals surface area contributed by atoms with Gasteiger partial charge in [-0.1, -0.05) is 18.2 Å². The van der Waals surface area contributed by atoms with E-state index in [0.717, 1.165) is 5.56 Å². The lowest BCUT2D eigenvalue weighted by molar-refractivity contribution is -0.135. The van der Waals surface area contributed by atoms with Crippen LogP contribution in [0.3, 0.4) is 0 Å². The quantitative estimate of drug-likeness (QED) is 0.517. The molecule has 2 saturated heterocycles. The molecule has 1 aromatic carbocycles. The number of nitrogens with zero attached hydrogens (tertiary/aromatic N) is 2. The number of hydrogen-bond acceptors (Lipinski definition) is 7. The molecule has 36 heavy (non-hydrogen) atoms. The fraction of sp³-hybridized carbons (Fsp3) is 0.538. The summed E-state index contributed by atoms with van der Waals surface area (Å²) in [4.78, 5) is 26.9. The number of amides is 1. The molecule has 1 amide bonds. The van der Waals surface area contributed by atoms with Crippen molar-refractivity contribution < 1.29 is 31.9 Å². The molecule has 196 valence electrons. The first-order valence-electron chi connectivity index (χ1n) is 12.3. The molecule has 4 rings (SSSR count). The standard InChI is InChI=1S/C26H34N2O7S/c1-5-33-25(30)23-19(3)35-20(4)24(23)36(31,32)28-15-12-26(17-28)10-13-27(14-11-26)22(29)16-34-21-9-7-6-8-18(21)2/h6-9H,5,10-17H2,1-4H3. The predicted octanol–water partition coefficient (Wildman–Crippen LogP) is 3.46. The van der Waals surface area contributed by atoms with Crippen LogP contribution in [0.5, 0.6) is 5.75 Å². The first-order valence-corrected chi connectivity index (χ1v) is 13.8. The average molecular weight is 519 g/mol. The molecule has 10 heteroatoms. The largest absolute Gasteiger partial charge is 0.484 e. The lowest BCUT2D eigenvalue weighted by Crippen LogP contribution is -2.46. The Hall–Kier alpha value is -2.85. The van der Waals surface area contributed by atoms with Crippen molar-refractivity contribution in [1.82, 2.24) is 9.21 Å². The molecule has 1 spiro atoms. The molecule has 0 atom stereocenters. The minimum Gasteiger partial charge on any atom is -0.484 e. The molecule has 2 aliphatic heterocycles. The van der Waals surface area contributed by atoms with Crippen molar-refractivity contribution in [2.45, 2.75) is 51.9 Å². The summed E-state index contributed by atoms with van der Waals surface area (Å²) in [7, 11) is -3.95. The lowest BCUT2D eigenvalue weighted by Gasteiger charge is -2.39. The van der Waals surface area contributed by atoms with Crippen LogP contribution >= 0.6 is 0 Å². The van der Waals surface area contributed by atoms with E-state index in [9.17, 15) is 18.0 Å². The predicted molar refractivity (Wildman–Crippen MR) is 132 cm³/mol. The van der Waals surface area contributed by atoms with E-state index in [4.69, 9.17) is 13.9 Å². The number of para-hydroxylation sites is 1. The third-order valence-electron chi connectivity index (χ3n) is 7.31. The average Bonchev–Trinajstić information content (AvgIpc) is 3.40. The topological polar surface area (TPSA) is 106 Å². The summed E-state index contributed by atoms with van der Waals surface area (Å²) in [6.07, 6.45) is 2.13. The molecular formula is C26H34N2O7S. The number of ether oxygens (including phenoxy) is 2. The van der Waals surface area contributed by atoms with Crippen molar-refractivity contribution >= 4 is 21.9 Å². The summed E-state index contributed by atoms with van der Waals surface area (Å²) >= 11 is 0. The smallest absolute Gasteiger partial charge is 0.343 e. The maximum atomic E-state index is 13.6. The van der Waals surface area contributed by atoms with Crippen molar-refractivity contribution in [2.75, 3.05) is 39.4 Å². The van der Waals surface area contributed by atoms with Gasteiger partial charge in [0.2, 0.25) is 10.0 Å². The summed E-state index contributed by atoms with van der Waals surface area (Å²) in [6.45, 7) is 8.67. The monoisotopic (exact) mass is 518 g/mol. The zero-order chi connectivity index (χ0) is 26.1. The molecule has 0 radical (unpaired) electrons. The van der Waals surface area contributed by atoms with Crippen LogP contribution in [-0.2, 0) is 19.6 Å². The second kappa shape index (κ2) is 10.3. The van der Waals surface area contributed by atoms with Gasteiger partial charge in [0.15, 0.2) is 6.61 Å². The van der Waals surface area contributed by atoms with Crippen LogP contribution in [0.1, 0.15) is 53.6 Å². The molecule has 0 N–H and O–H groups in total. The summed E-state index contributed by atoms with van der Waals surface area (Å²) < 4.78 is 45.0. The minimum atomic E-state index is -3.95. The highest BCUT2D eigenvalue weighted by molar-refractivity contribution is 7.89. The highest BCUT2D eigenvalue weighted by atomic mass is 32.2. The fourth-order valence-corrected chi connectivity index (χ4v) is 7.15. The number of likely N-dealkylation sites (tertiary alicyclic amines) is 1. The van der Waals surface area contributed by atoms with Crippen LogP contribution in [-0.4, -0.2) is 68.9 Å². The number of esters is 1. The van der Waals surface area contributed by atoms with Crippen molar-refractivity contribution in [3.63, 3.8) is 0 Å². The van der Waals surface area contributed by atoms with E-state index in [-0.39, 0.29) is 46.5 Å². The third kappa shape index (κ3) is 5.01. The molecule has 2 aromatic rings. The number of piperidine rings is 1. The summed E-state index contributed by atoms with van der Waals surface area (Å²) in [6, 6.07) is 7.58. The van der Waals surface area contributed by atoms with Gasteiger partial charge in [-0.2, -0.15) is 4.31 Å². The number of carbonyl (C=O) groups excluding carboxylic acids is 2. The lowest BCUT2D eigenvalue weighted by atomic mass is 9.78. The number of carbonyl (C=O) groups is 2. The summed E-state index contributed by atoms with van der Waals surface area (Å²) in [5, 5.41) is 0. The van der Waals surface area contributed by atoms with Crippen molar-refractivity contribution in [2.24, 2.45) is 5.41 Å². The molecule has 0 unspecified atom stereocenters. The molecule has 9 nitrogen and oxygen atoms in total. The highest BCUT2D eigenvalue weighted by Gasteiger charge is 2.47. The molecular weight excluding hydrogens is 484 g/mol. The first kappa shape index (κ1) is 26.2. The number of benzene rings is 1. The van der Waals surface area contributed by atoms with Gasteiger partial charge >= 0.3 is 5.97 Å². The molecule has 1 aromatic heterocycles. The van der Waals surface area contributed by atoms with E-state index in [1.165, 1.54) is 4.31 Å². The van der Waals surface area contributed by atoms with Gasteiger partial charge in [-0.3, -0.25) is 4.79 Å². The van der Waals surface area contributed by atoms with Gasteiger partial charge in [-0.25, -0.2) is 13.2 Å². The number of aryl methyl sites for hydroxylation is 3. The van der Waals surface area contributed by atoms with Gasteiger partial charge < -0.3 is 18.8 Å². The number of furan rings is 1. The van der Waals surface area contributed by atoms with E-state index >= 15 is 0 Å². The molecule has 0 saturated carbocycles.